The predicted octanol–water partition coefficient (Wildman–Crippen LogP) is 4.70. The normalized spacial score (nSPS) is 12.4. The van der Waals surface area contributed by atoms with Gasteiger partial charge < -0.3 is 4.74 Å². The van der Waals surface area contributed by atoms with E-state index in [0.717, 1.165) is 18.2 Å². The molecule has 2 aromatic rings. The zero-order chi connectivity index (χ0) is 20.2. The summed E-state index contributed by atoms with van der Waals surface area (Å²) < 4.78 is 94.4. The molecule has 1 N–H and O–H groups in total. The van der Waals surface area contributed by atoms with Crippen molar-refractivity contribution in [3.63, 3.8) is 0 Å². The number of halogens is 6. The molecule has 0 aliphatic carbocycles. The molecule has 0 aliphatic heterocycles. The highest BCUT2D eigenvalue weighted by Crippen LogP contribution is 2.26. The molecule has 0 atom stereocenters. The molecule has 0 unspecified atom stereocenters. The van der Waals surface area contributed by atoms with Crippen LogP contribution >= 0.6 is 11.6 Å². The van der Waals surface area contributed by atoms with E-state index in [1.807, 2.05) is 0 Å². The maximum absolute atomic E-state index is 13.3. The first-order valence-corrected chi connectivity index (χ1v) is 9.18. The summed E-state index contributed by atoms with van der Waals surface area (Å²) in [5.74, 6) is -5.09. The van der Waals surface area contributed by atoms with E-state index in [1.54, 1.807) is 0 Å². The fourth-order valence-corrected chi connectivity index (χ4v) is 3.55. The van der Waals surface area contributed by atoms with Crippen LogP contribution in [0.1, 0.15) is 5.56 Å². The zero-order valence-corrected chi connectivity index (χ0v) is 15.0. The third-order valence-corrected chi connectivity index (χ3v) is 5.11. The molecule has 148 valence electrons. The number of sulfonamides is 1. The predicted molar refractivity (Wildman–Crippen MR) is 89.3 cm³/mol. The Morgan fingerprint density at radius 3 is 2.52 bits per heavy atom. The van der Waals surface area contributed by atoms with E-state index in [0.29, 0.717) is 0 Å². The first-order chi connectivity index (χ1) is 12.5. The second kappa shape index (κ2) is 8.41. The highest BCUT2D eigenvalue weighted by atomic mass is 35.5. The first kappa shape index (κ1) is 21.4. The van der Waals surface area contributed by atoms with Gasteiger partial charge in [-0.05, 0) is 35.9 Å². The Morgan fingerprint density at radius 2 is 1.85 bits per heavy atom. The van der Waals surface area contributed by atoms with Crippen LogP contribution in [0.4, 0.5) is 27.6 Å². The van der Waals surface area contributed by atoms with E-state index >= 15 is 0 Å². The number of hydrogen-bond donors (Lipinski definition) is 1. The van der Waals surface area contributed by atoms with Crippen molar-refractivity contribution in [3.05, 3.63) is 58.9 Å². The van der Waals surface area contributed by atoms with Crippen molar-refractivity contribution in [2.45, 2.75) is 23.9 Å². The Bertz CT molecular complexity index is 909. The fourth-order valence-electron chi connectivity index (χ4n) is 1.99. The van der Waals surface area contributed by atoms with Gasteiger partial charge in [0.15, 0.2) is 0 Å². The summed E-state index contributed by atoms with van der Waals surface area (Å²) in [4.78, 5) is -0.484. The molecule has 0 aromatic heterocycles. The number of benzene rings is 2. The molecule has 2 rings (SSSR count). The van der Waals surface area contributed by atoms with E-state index < -0.39 is 46.3 Å². The van der Waals surface area contributed by atoms with Crippen LogP contribution in [0, 0.1) is 5.82 Å². The topological polar surface area (TPSA) is 55.4 Å². The third kappa shape index (κ3) is 5.78. The van der Waals surface area contributed by atoms with Crippen LogP contribution in [0.25, 0.3) is 0 Å². The second-order valence-electron chi connectivity index (χ2n) is 5.44. The average molecular weight is 430 g/mol. The van der Waals surface area contributed by atoms with E-state index in [9.17, 15) is 30.4 Å². The Labute approximate surface area is 157 Å². The zero-order valence-electron chi connectivity index (χ0n) is 13.4. The van der Waals surface area contributed by atoms with Gasteiger partial charge in [0.25, 0.3) is 10.0 Å². The van der Waals surface area contributed by atoms with Crippen molar-refractivity contribution < 1.29 is 35.1 Å². The Hall–Kier alpha value is -1.91. The van der Waals surface area contributed by atoms with Gasteiger partial charge in [-0.25, -0.2) is 21.6 Å². The minimum absolute atomic E-state index is 0.0250. The van der Waals surface area contributed by atoms with Gasteiger partial charge in [0.2, 0.25) is 0 Å². The molecule has 27 heavy (non-hydrogen) atoms. The van der Waals surface area contributed by atoms with E-state index in [4.69, 9.17) is 11.6 Å². The fraction of sp³-hybridized carbons (Fsp3) is 0.250. The summed E-state index contributed by atoms with van der Waals surface area (Å²) in [5.41, 5.74) is 0.280. The molecule has 4 nitrogen and oxygen atoms in total. The minimum Gasteiger partial charge on any atom is -0.370 e. The Kier molecular flexibility index (Phi) is 6.66. The van der Waals surface area contributed by atoms with E-state index in [2.05, 4.69) is 9.46 Å². The van der Waals surface area contributed by atoms with Gasteiger partial charge in [-0.3, -0.25) is 4.72 Å². The maximum Gasteiger partial charge on any atom is 0.330 e. The Morgan fingerprint density at radius 1 is 1.15 bits per heavy atom. The van der Waals surface area contributed by atoms with Crippen LogP contribution < -0.4 is 4.72 Å². The number of anilines is 1. The average Bonchev–Trinajstić information content (AvgIpc) is 2.56. The molecule has 0 saturated heterocycles. The molecule has 0 heterocycles. The first-order valence-electron chi connectivity index (χ1n) is 7.32. The molecule has 0 spiro atoms. The van der Waals surface area contributed by atoms with Crippen LogP contribution in [-0.4, -0.2) is 27.4 Å². The van der Waals surface area contributed by atoms with Crippen molar-refractivity contribution in [2.24, 2.45) is 0 Å². The lowest BCUT2D eigenvalue weighted by Gasteiger charge is -2.15. The summed E-state index contributed by atoms with van der Waals surface area (Å²) >= 11 is 5.78. The summed E-state index contributed by atoms with van der Waals surface area (Å²) in [6.45, 7) is -1.93. The quantitative estimate of drug-likeness (QED) is 0.619. The van der Waals surface area contributed by atoms with Gasteiger partial charge >= 0.3 is 12.3 Å². The summed E-state index contributed by atoms with van der Waals surface area (Å²) in [6, 6.07) is 8.24. The minimum atomic E-state index is -4.28. The van der Waals surface area contributed by atoms with Gasteiger partial charge in [-0.15, -0.1) is 0 Å². The van der Waals surface area contributed by atoms with Crippen LogP contribution in [0.2, 0.25) is 5.02 Å². The molecule has 0 amide bonds. The van der Waals surface area contributed by atoms with Crippen LogP contribution in [-0.2, 0) is 21.4 Å². The largest absolute Gasteiger partial charge is 0.370 e. The van der Waals surface area contributed by atoms with Crippen molar-refractivity contribution in [2.75, 3.05) is 11.3 Å². The van der Waals surface area contributed by atoms with Gasteiger partial charge in [0.1, 0.15) is 17.3 Å². The molecule has 0 saturated carbocycles. The number of alkyl halides is 4. The lowest BCUT2D eigenvalue weighted by atomic mass is 10.2. The van der Waals surface area contributed by atoms with Crippen molar-refractivity contribution >= 4 is 27.3 Å². The monoisotopic (exact) mass is 429 g/mol. The SMILES string of the molecule is O=S(=O)(Nc1cccc(COCC(F)(F)C(F)F)c1)c1cc(F)ccc1Cl. The number of rotatable bonds is 8. The Balaban J connectivity index is 2.10. The van der Waals surface area contributed by atoms with Crippen LogP contribution in [0.3, 0.4) is 0 Å². The molecule has 11 heteroatoms. The summed E-state index contributed by atoms with van der Waals surface area (Å²) in [7, 11) is -4.22. The highest BCUT2D eigenvalue weighted by molar-refractivity contribution is 7.92. The van der Waals surface area contributed by atoms with Gasteiger partial charge in [0.05, 0.1) is 11.6 Å². The van der Waals surface area contributed by atoms with E-state index in [1.165, 1.54) is 24.3 Å². The molecular weight excluding hydrogens is 417 g/mol. The van der Waals surface area contributed by atoms with Gasteiger partial charge in [-0.1, -0.05) is 23.7 Å². The van der Waals surface area contributed by atoms with Crippen molar-refractivity contribution in [1.82, 2.24) is 0 Å². The van der Waals surface area contributed by atoms with Gasteiger partial charge in [-0.2, -0.15) is 8.78 Å². The standard InChI is InChI=1S/C16H13ClF5NO3S/c17-13-5-4-11(18)7-14(13)27(24,25)23-12-3-1-2-10(6-12)8-26-9-16(21,22)15(19)20/h1-7,15,23H,8-9H2. The maximum atomic E-state index is 13.3. The third-order valence-electron chi connectivity index (χ3n) is 3.24. The second-order valence-corrected chi connectivity index (χ2v) is 7.49. The van der Waals surface area contributed by atoms with Crippen LogP contribution in [0.15, 0.2) is 47.4 Å². The smallest absolute Gasteiger partial charge is 0.330 e. The molecule has 0 fully saturated rings. The summed E-state index contributed by atoms with van der Waals surface area (Å²) in [6.07, 6.45) is -3.85. The van der Waals surface area contributed by atoms with Gasteiger partial charge in [0, 0.05) is 5.69 Å². The van der Waals surface area contributed by atoms with Crippen molar-refractivity contribution in [3.8, 4) is 0 Å². The number of hydrogen-bond acceptors (Lipinski definition) is 3. The number of nitrogens with one attached hydrogen (secondary N) is 1. The highest BCUT2D eigenvalue weighted by Gasteiger charge is 2.40. The molecule has 2 aromatic carbocycles. The number of ether oxygens (including phenoxy) is 1. The molecule has 0 aliphatic rings. The van der Waals surface area contributed by atoms with Crippen LogP contribution in [0.5, 0.6) is 0 Å². The summed E-state index contributed by atoms with van der Waals surface area (Å²) in [5, 5.41) is -0.197. The molecular formula is C16H13ClF5NO3S. The molecule has 0 radical (unpaired) electrons. The van der Waals surface area contributed by atoms with E-state index in [-0.39, 0.29) is 16.3 Å². The molecule has 0 bridgehead atoms. The lowest BCUT2D eigenvalue weighted by molar-refractivity contribution is -0.168. The lowest BCUT2D eigenvalue weighted by Crippen LogP contribution is -2.32. The van der Waals surface area contributed by atoms with Crippen molar-refractivity contribution in [1.29, 1.82) is 0 Å².